The number of rotatable bonds is 2. The fourth-order valence-corrected chi connectivity index (χ4v) is 2.42. The maximum Gasteiger partial charge on any atom is 0.416 e. The summed E-state index contributed by atoms with van der Waals surface area (Å²) >= 11 is 0. The van der Waals surface area contributed by atoms with Gasteiger partial charge in [-0.25, -0.2) is 0 Å². The van der Waals surface area contributed by atoms with Gasteiger partial charge >= 0.3 is 6.18 Å². The highest BCUT2D eigenvalue weighted by atomic mass is 19.4. The van der Waals surface area contributed by atoms with Crippen LogP contribution in [0.25, 0.3) is 10.9 Å². The second kappa shape index (κ2) is 6.12. The smallest absolute Gasteiger partial charge is 0.323 e. The molecule has 4 nitrogen and oxygen atoms in total. The van der Waals surface area contributed by atoms with E-state index in [4.69, 9.17) is 7.85 Å². The molecule has 0 atom stereocenters. The lowest BCUT2D eigenvalue weighted by molar-refractivity contribution is -0.137. The second-order valence-corrected chi connectivity index (χ2v) is 5.34. The van der Waals surface area contributed by atoms with Crippen molar-refractivity contribution < 1.29 is 18.0 Å². The molecule has 0 aliphatic heterocycles. The van der Waals surface area contributed by atoms with Crippen molar-refractivity contribution in [3.05, 3.63) is 70.0 Å². The molecule has 0 saturated carbocycles. The SMILES string of the molecule is [B]c1ccc(C(F)(F)F)cc1NC(=O)c1cccc2[nH]c(=O)ccc12. The molecule has 3 aromatic rings. The van der Waals surface area contributed by atoms with Crippen LogP contribution in [0.4, 0.5) is 18.9 Å². The molecule has 2 radical (unpaired) electrons. The zero-order chi connectivity index (χ0) is 18.2. The monoisotopic (exact) mass is 342 g/mol. The van der Waals surface area contributed by atoms with Crippen LogP contribution in [-0.2, 0) is 6.18 Å². The number of pyridine rings is 1. The summed E-state index contributed by atoms with van der Waals surface area (Å²) in [4.78, 5) is 26.4. The van der Waals surface area contributed by atoms with Crippen molar-refractivity contribution in [1.29, 1.82) is 0 Å². The molecule has 1 heterocycles. The highest BCUT2D eigenvalue weighted by Crippen LogP contribution is 2.30. The van der Waals surface area contributed by atoms with Gasteiger partial charge in [-0.2, -0.15) is 13.2 Å². The Bertz CT molecular complexity index is 1030. The van der Waals surface area contributed by atoms with E-state index in [2.05, 4.69) is 10.3 Å². The zero-order valence-corrected chi connectivity index (χ0v) is 12.6. The lowest BCUT2D eigenvalue weighted by Crippen LogP contribution is -2.20. The van der Waals surface area contributed by atoms with Gasteiger partial charge in [0, 0.05) is 28.2 Å². The number of H-pyrrole nitrogens is 1. The van der Waals surface area contributed by atoms with Gasteiger partial charge < -0.3 is 10.3 Å². The molecule has 0 spiro atoms. The lowest BCUT2D eigenvalue weighted by atomic mass is 9.92. The Labute approximate surface area is 141 Å². The highest BCUT2D eigenvalue weighted by Gasteiger charge is 2.30. The van der Waals surface area contributed by atoms with Crippen LogP contribution in [-0.4, -0.2) is 18.7 Å². The number of benzene rings is 2. The predicted molar refractivity (Wildman–Crippen MR) is 89.4 cm³/mol. The van der Waals surface area contributed by atoms with E-state index in [1.165, 1.54) is 18.2 Å². The predicted octanol–water partition coefficient (Wildman–Crippen LogP) is 2.59. The summed E-state index contributed by atoms with van der Waals surface area (Å²) in [6.07, 6.45) is -4.55. The van der Waals surface area contributed by atoms with Gasteiger partial charge in [0.25, 0.3) is 5.91 Å². The molecule has 2 aromatic carbocycles. The topological polar surface area (TPSA) is 62.0 Å². The molecule has 8 heteroatoms. The minimum Gasteiger partial charge on any atom is -0.323 e. The van der Waals surface area contributed by atoms with E-state index in [0.29, 0.717) is 10.9 Å². The third-order valence-corrected chi connectivity index (χ3v) is 3.64. The van der Waals surface area contributed by atoms with E-state index in [1.807, 2.05) is 0 Å². The lowest BCUT2D eigenvalue weighted by Gasteiger charge is -2.13. The van der Waals surface area contributed by atoms with Gasteiger partial charge in [-0.3, -0.25) is 9.59 Å². The number of hydrogen-bond donors (Lipinski definition) is 2. The van der Waals surface area contributed by atoms with Crippen molar-refractivity contribution in [2.45, 2.75) is 6.18 Å². The van der Waals surface area contributed by atoms with Crippen LogP contribution in [0.15, 0.2) is 53.3 Å². The van der Waals surface area contributed by atoms with Crippen LogP contribution in [0.5, 0.6) is 0 Å². The number of aromatic amines is 1. The molecule has 1 aromatic heterocycles. The molecule has 1 amide bonds. The maximum atomic E-state index is 12.8. The molecular formula is C17H10BF3N2O2. The molecule has 2 N–H and O–H groups in total. The summed E-state index contributed by atoms with van der Waals surface area (Å²) in [5, 5.41) is 2.85. The Morgan fingerprint density at radius 2 is 1.84 bits per heavy atom. The number of halogens is 3. The maximum absolute atomic E-state index is 12.8. The number of amides is 1. The van der Waals surface area contributed by atoms with Crippen molar-refractivity contribution in [3.8, 4) is 0 Å². The number of nitrogens with one attached hydrogen (secondary N) is 2. The largest absolute Gasteiger partial charge is 0.416 e. The van der Waals surface area contributed by atoms with Crippen LogP contribution in [0.3, 0.4) is 0 Å². The third kappa shape index (κ3) is 3.42. The van der Waals surface area contributed by atoms with E-state index in [9.17, 15) is 22.8 Å². The number of aromatic nitrogens is 1. The van der Waals surface area contributed by atoms with Gasteiger partial charge in [0.05, 0.1) is 5.56 Å². The van der Waals surface area contributed by atoms with Crippen LogP contribution >= 0.6 is 0 Å². The van der Waals surface area contributed by atoms with Gasteiger partial charge in [-0.15, -0.1) is 0 Å². The Balaban J connectivity index is 2.00. The first-order valence-electron chi connectivity index (χ1n) is 7.16. The molecule has 0 fully saturated rings. The summed E-state index contributed by atoms with van der Waals surface area (Å²) in [6.45, 7) is 0. The van der Waals surface area contributed by atoms with Crippen LogP contribution < -0.4 is 16.3 Å². The molecule has 25 heavy (non-hydrogen) atoms. The van der Waals surface area contributed by atoms with Crippen molar-refractivity contribution in [3.63, 3.8) is 0 Å². The number of anilines is 1. The molecule has 0 bridgehead atoms. The average Bonchev–Trinajstić information content (AvgIpc) is 2.54. The molecule has 0 saturated heterocycles. The summed E-state index contributed by atoms with van der Waals surface area (Å²) in [5.74, 6) is -0.635. The summed E-state index contributed by atoms with van der Waals surface area (Å²) in [5.41, 5.74) is -0.731. The molecular weight excluding hydrogens is 332 g/mol. The normalized spacial score (nSPS) is 11.5. The fraction of sp³-hybridized carbons (Fsp3) is 0.0588. The van der Waals surface area contributed by atoms with E-state index >= 15 is 0 Å². The van der Waals surface area contributed by atoms with Gasteiger partial charge in [0.15, 0.2) is 0 Å². The first-order valence-corrected chi connectivity index (χ1v) is 7.16. The standard InChI is InChI=1S/C17H10BF3N2O2/c18-12-6-4-9(17(19,20)21)8-14(12)23-16(25)11-2-1-3-13-10(11)5-7-15(24)22-13/h1-8H,(H,22,24)(H,23,25). The number of fused-ring (bicyclic) bond motifs is 1. The first kappa shape index (κ1) is 16.8. The molecule has 0 aliphatic carbocycles. The summed E-state index contributed by atoms with van der Waals surface area (Å²) in [7, 11) is 5.66. The Hall–Kier alpha value is -3.03. The second-order valence-electron chi connectivity index (χ2n) is 5.34. The number of hydrogen-bond acceptors (Lipinski definition) is 2. The highest BCUT2D eigenvalue weighted by molar-refractivity contribution is 6.36. The molecule has 0 unspecified atom stereocenters. The van der Waals surface area contributed by atoms with Crippen molar-refractivity contribution in [2.24, 2.45) is 0 Å². The van der Waals surface area contributed by atoms with Crippen LogP contribution in [0, 0.1) is 0 Å². The number of carbonyl (C=O) groups is 1. The van der Waals surface area contributed by atoms with Crippen LogP contribution in [0.1, 0.15) is 15.9 Å². The summed E-state index contributed by atoms with van der Waals surface area (Å²) in [6, 6.07) is 10.1. The number of alkyl halides is 3. The summed E-state index contributed by atoms with van der Waals surface area (Å²) < 4.78 is 38.5. The Morgan fingerprint density at radius 3 is 2.56 bits per heavy atom. The molecule has 0 aliphatic rings. The molecule has 3 rings (SSSR count). The average molecular weight is 342 g/mol. The van der Waals surface area contributed by atoms with Crippen molar-refractivity contribution in [1.82, 2.24) is 4.98 Å². The van der Waals surface area contributed by atoms with Crippen molar-refractivity contribution >= 4 is 35.8 Å². The van der Waals surface area contributed by atoms with Gasteiger partial charge in [0.1, 0.15) is 7.85 Å². The fourth-order valence-electron chi connectivity index (χ4n) is 2.42. The third-order valence-electron chi connectivity index (χ3n) is 3.64. The quantitative estimate of drug-likeness (QED) is 0.704. The number of carbonyl (C=O) groups excluding carboxylic acids is 1. The minimum absolute atomic E-state index is 0.00925. The van der Waals surface area contributed by atoms with E-state index < -0.39 is 17.6 Å². The van der Waals surface area contributed by atoms with Crippen molar-refractivity contribution in [2.75, 3.05) is 5.32 Å². The zero-order valence-electron chi connectivity index (χ0n) is 12.6. The molecule has 124 valence electrons. The van der Waals surface area contributed by atoms with E-state index in [0.717, 1.165) is 18.2 Å². The first-order chi connectivity index (χ1) is 11.8. The Kier molecular flexibility index (Phi) is 4.12. The van der Waals surface area contributed by atoms with Crippen LogP contribution in [0.2, 0.25) is 0 Å². The Morgan fingerprint density at radius 1 is 1.08 bits per heavy atom. The van der Waals surface area contributed by atoms with Gasteiger partial charge in [0.2, 0.25) is 5.56 Å². The van der Waals surface area contributed by atoms with Gasteiger partial charge in [-0.1, -0.05) is 23.7 Å². The van der Waals surface area contributed by atoms with E-state index in [1.54, 1.807) is 12.1 Å². The van der Waals surface area contributed by atoms with E-state index in [-0.39, 0.29) is 22.3 Å². The minimum atomic E-state index is -4.55. The van der Waals surface area contributed by atoms with Gasteiger partial charge in [-0.05, 0) is 24.3 Å².